The smallest absolute Gasteiger partial charge is 0.167 e. The van der Waals surface area contributed by atoms with Crippen LogP contribution in [-0.2, 0) is 4.74 Å². The summed E-state index contributed by atoms with van der Waals surface area (Å²) in [6.45, 7) is 2.42. The summed E-state index contributed by atoms with van der Waals surface area (Å²) in [7, 11) is 0. The average molecular weight is 248 g/mol. The molecule has 0 aliphatic heterocycles. The topological polar surface area (TPSA) is 21.3 Å². The van der Waals surface area contributed by atoms with E-state index in [2.05, 4.69) is 5.32 Å². The molecule has 1 N–H and O–H groups in total. The quantitative estimate of drug-likeness (QED) is 0.649. The molecule has 1 aromatic rings. The third-order valence-corrected chi connectivity index (χ3v) is 2.87. The molecule has 88 valence electrons. The number of anilines is 1. The molecule has 1 aliphatic carbocycles. The Balaban J connectivity index is 2.19. The normalized spacial score (nSPS) is 17.2. The molecule has 0 saturated heterocycles. The molecule has 16 heavy (non-hydrogen) atoms. The Morgan fingerprint density at radius 1 is 1.44 bits per heavy atom. The molecule has 5 heteroatoms. The summed E-state index contributed by atoms with van der Waals surface area (Å²) in [5, 5.41) is 2.43. The molecular weight excluding hydrogens is 236 g/mol. The highest BCUT2D eigenvalue weighted by Crippen LogP contribution is 2.41. The summed E-state index contributed by atoms with van der Waals surface area (Å²) in [5.74, 6) is -1.53. The van der Waals surface area contributed by atoms with Crippen LogP contribution < -0.4 is 5.32 Å². The summed E-state index contributed by atoms with van der Waals surface area (Å²) in [6.07, 6.45) is 1.63. The first-order valence-corrected chi connectivity index (χ1v) is 5.51. The predicted octanol–water partition coefficient (Wildman–Crippen LogP) is 3.56. The van der Waals surface area contributed by atoms with Crippen molar-refractivity contribution < 1.29 is 13.5 Å². The van der Waals surface area contributed by atoms with E-state index in [0.29, 0.717) is 6.61 Å². The van der Waals surface area contributed by atoms with Gasteiger partial charge in [0.2, 0.25) is 0 Å². The number of ether oxygens (including phenoxy) is 1. The minimum absolute atomic E-state index is 0.178. The highest BCUT2D eigenvalue weighted by Gasteiger charge is 2.44. The molecule has 1 aliphatic rings. The van der Waals surface area contributed by atoms with Crippen LogP contribution in [0.3, 0.4) is 0 Å². The number of halogens is 3. The van der Waals surface area contributed by atoms with Gasteiger partial charge in [0.15, 0.2) is 5.82 Å². The van der Waals surface area contributed by atoms with Gasteiger partial charge in [-0.1, -0.05) is 11.6 Å². The van der Waals surface area contributed by atoms with Gasteiger partial charge in [-0.05, 0) is 31.9 Å². The third-order valence-electron chi connectivity index (χ3n) is 2.52. The number of rotatable bonds is 4. The first-order valence-electron chi connectivity index (χ1n) is 5.13. The second-order valence-corrected chi connectivity index (χ2v) is 4.15. The lowest BCUT2D eigenvalue weighted by Crippen LogP contribution is -2.25. The first kappa shape index (κ1) is 11.6. The number of nitrogens with one attached hydrogen (secondary N) is 1. The zero-order chi connectivity index (χ0) is 11.8. The zero-order valence-electron chi connectivity index (χ0n) is 8.82. The van der Waals surface area contributed by atoms with Crippen molar-refractivity contribution in [1.29, 1.82) is 0 Å². The van der Waals surface area contributed by atoms with Crippen molar-refractivity contribution in [2.45, 2.75) is 25.5 Å². The summed E-state index contributed by atoms with van der Waals surface area (Å²) < 4.78 is 32.0. The Morgan fingerprint density at radius 3 is 2.69 bits per heavy atom. The van der Waals surface area contributed by atoms with Crippen molar-refractivity contribution in [2.24, 2.45) is 0 Å². The molecule has 0 unspecified atom stereocenters. The Kier molecular flexibility index (Phi) is 3.04. The van der Waals surface area contributed by atoms with E-state index >= 15 is 0 Å². The molecule has 0 atom stereocenters. The van der Waals surface area contributed by atoms with Crippen LogP contribution in [-0.4, -0.2) is 12.3 Å². The van der Waals surface area contributed by atoms with Crippen LogP contribution in [0.1, 0.15) is 19.8 Å². The largest absolute Gasteiger partial charge is 0.356 e. The van der Waals surface area contributed by atoms with Crippen LogP contribution >= 0.6 is 11.6 Å². The highest BCUT2D eigenvalue weighted by molar-refractivity contribution is 6.31. The number of benzene rings is 1. The van der Waals surface area contributed by atoms with Crippen molar-refractivity contribution in [1.82, 2.24) is 0 Å². The average Bonchev–Trinajstić information content (AvgIpc) is 3.00. The van der Waals surface area contributed by atoms with Crippen LogP contribution in [0.2, 0.25) is 5.02 Å². The molecule has 2 rings (SSSR count). The van der Waals surface area contributed by atoms with Gasteiger partial charge in [-0.2, -0.15) is 0 Å². The van der Waals surface area contributed by atoms with Crippen molar-refractivity contribution >= 4 is 17.3 Å². The lowest BCUT2D eigenvalue weighted by Gasteiger charge is -2.19. The van der Waals surface area contributed by atoms with E-state index in [0.717, 1.165) is 18.9 Å². The summed E-state index contributed by atoms with van der Waals surface area (Å²) >= 11 is 5.48. The van der Waals surface area contributed by atoms with E-state index in [1.54, 1.807) is 0 Å². The Labute approximate surface area is 97.5 Å². The standard InChI is InChI=1S/C11H12ClF2NO/c1-2-16-11(5-6-11)15-8-4-3-7(13)9(12)10(8)14/h3-4,15H,2,5-6H2,1H3. The van der Waals surface area contributed by atoms with Gasteiger partial charge in [0.1, 0.15) is 16.6 Å². The highest BCUT2D eigenvalue weighted by atomic mass is 35.5. The van der Waals surface area contributed by atoms with Crippen LogP contribution in [0.25, 0.3) is 0 Å². The second-order valence-electron chi connectivity index (χ2n) is 3.78. The van der Waals surface area contributed by atoms with Gasteiger partial charge >= 0.3 is 0 Å². The minimum atomic E-state index is -0.771. The maximum Gasteiger partial charge on any atom is 0.167 e. The van der Waals surface area contributed by atoms with E-state index in [1.165, 1.54) is 6.07 Å². The Morgan fingerprint density at radius 2 is 2.12 bits per heavy atom. The lowest BCUT2D eigenvalue weighted by molar-refractivity contribution is 0.0629. The third kappa shape index (κ3) is 2.13. The molecule has 1 fully saturated rings. The van der Waals surface area contributed by atoms with E-state index in [4.69, 9.17) is 16.3 Å². The minimum Gasteiger partial charge on any atom is -0.356 e. The fourth-order valence-electron chi connectivity index (χ4n) is 1.56. The fraction of sp³-hybridized carbons (Fsp3) is 0.455. The van der Waals surface area contributed by atoms with Crippen molar-refractivity contribution in [3.05, 3.63) is 28.8 Å². The molecule has 0 aromatic heterocycles. The first-order chi connectivity index (χ1) is 7.58. The number of hydrogen-bond donors (Lipinski definition) is 1. The van der Waals surface area contributed by atoms with Crippen molar-refractivity contribution in [3.63, 3.8) is 0 Å². The van der Waals surface area contributed by atoms with Gasteiger partial charge in [0.25, 0.3) is 0 Å². The second kappa shape index (κ2) is 4.18. The van der Waals surface area contributed by atoms with Gasteiger partial charge in [-0.3, -0.25) is 0 Å². The van der Waals surface area contributed by atoms with Gasteiger partial charge in [0.05, 0.1) is 5.69 Å². The van der Waals surface area contributed by atoms with E-state index < -0.39 is 22.4 Å². The summed E-state index contributed by atoms with van der Waals surface area (Å²) in [4.78, 5) is 0. The van der Waals surface area contributed by atoms with Crippen molar-refractivity contribution in [3.8, 4) is 0 Å². The predicted molar refractivity (Wildman–Crippen MR) is 58.6 cm³/mol. The zero-order valence-corrected chi connectivity index (χ0v) is 9.57. The summed E-state index contributed by atoms with van der Waals surface area (Å²) in [5.41, 5.74) is -0.311. The van der Waals surface area contributed by atoms with Gasteiger partial charge < -0.3 is 10.1 Å². The fourth-order valence-corrected chi connectivity index (χ4v) is 1.73. The molecule has 0 radical (unpaired) electrons. The molecule has 0 heterocycles. The Hall–Kier alpha value is -0.870. The van der Waals surface area contributed by atoms with Crippen LogP contribution in [0.15, 0.2) is 12.1 Å². The van der Waals surface area contributed by atoms with Gasteiger partial charge in [-0.15, -0.1) is 0 Å². The van der Waals surface area contributed by atoms with Gasteiger partial charge in [-0.25, -0.2) is 8.78 Å². The maximum absolute atomic E-state index is 13.6. The SMILES string of the molecule is CCOC1(Nc2ccc(F)c(Cl)c2F)CC1. The summed E-state index contributed by atoms with van der Waals surface area (Å²) in [6, 6.07) is 2.46. The van der Waals surface area contributed by atoms with E-state index in [9.17, 15) is 8.78 Å². The molecule has 1 saturated carbocycles. The molecule has 0 spiro atoms. The van der Waals surface area contributed by atoms with Gasteiger partial charge in [0, 0.05) is 6.61 Å². The molecule has 1 aromatic carbocycles. The van der Waals surface area contributed by atoms with Crippen LogP contribution in [0.4, 0.5) is 14.5 Å². The molecular formula is C11H12ClF2NO. The van der Waals surface area contributed by atoms with E-state index in [-0.39, 0.29) is 5.69 Å². The lowest BCUT2D eigenvalue weighted by atomic mass is 10.3. The van der Waals surface area contributed by atoms with Crippen LogP contribution in [0.5, 0.6) is 0 Å². The Bertz CT molecular complexity index is 407. The van der Waals surface area contributed by atoms with E-state index in [1.807, 2.05) is 6.92 Å². The maximum atomic E-state index is 13.6. The van der Waals surface area contributed by atoms with Crippen molar-refractivity contribution in [2.75, 3.05) is 11.9 Å². The number of hydrogen-bond acceptors (Lipinski definition) is 2. The van der Waals surface area contributed by atoms with Crippen LogP contribution in [0, 0.1) is 11.6 Å². The molecule has 2 nitrogen and oxygen atoms in total. The molecule has 0 amide bonds. The monoisotopic (exact) mass is 247 g/mol. The molecule has 0 bridgehead atoms.